The molecule has 3 atom stereocenters. The molecular weight excluding hydrogens is 448 g/mol. The number of hydrogen-bond acceptors (Lipinski definition) is 6. The number of aliphatic hydroxyl groups is 1. The number of aromatic nitrogens is 1. The quantitative estimate of drug-likeness (QED) is 0.677. The Morgan fingerprint density at radius 3 is 2.43 bits per heavy atom. The van der Waals surface area contributed by atoms with E-state index in [1.165, 1.54) is 11.8 Å². The highest BCUT2D eigenvalue weighted by Crippen LogP contribution is 2.30. The number of hydrogen-bond donors (Lipinski definition) is 1. The lowest BCUT2D eigenvalue weighted by molar-refractivity contribution is -0.129. The predicted molar refractivity (Wildman–Crippen MR) is 132 cm³/mol. The Balaban J connectivity index is 2.02. The van der Waals surface area contributed by atoms with Crippen LogP contribution < -0.4 is 4.74 Å². The van der Waals surface area contributed by atoms with E-state index in [1.807, 2.05) is 19.1 Å². The van der Waals surface area contributed by atoms with Crippen LogP contribution in [0.1, 0.15) is 41.5 Å². The average Bonchev–Trinajstić information content (AvgIpc) is 2.84. The summed E-state index contributed by atoms with van der Waals surface area (Å²) in [6.07, 6.45) is 1.24. The van der Waals surface area contributed by atoms with Gasteiger partial charge in [0.25, 0.3) is 11.8 Å². The van der Waals surface area contributed by atoms with Gasteiger partial charge in [0.2, 0.25) is 11.8 Å². The summed E-state index contributed by atoms with van der Waals surface area (Å²) in [4.78, 5) is 46.8. The minimum absolute atomic E-state index is 0.0840. The van der Waals surface area contributed by atoms with Gasteiger partial charge in [-0.25, -0.2) is 4.98 Å². The van der Waals surface area contributed by atoms with Gasteiger partial charge >= 0.3 is 0 Å². The van der Waals surface area contributed by atoms with Crippen molar-refractivity contribution in [3.63, 3.8) is 0 Å². The highest BCUT2D eigenvalue weighted by Gasteiger charge is 2.34. The first kappa shape index (κ1) is 26.2. The summed E-state index contributed by atoms with van der Waals surface area (Å²) in [5, 5.41) is 9.80. The number of benzene rings is 1. The van der Waals surface area contributed by atoms with Crippen molar-refractivity contribution < 1.29 is 24.2 Å². The molecule has 0 aliphatic carbocycles. The molecule has 1 aliphatic heterocycles. The molecule has 1 N–H and O–H groups in total. The maximum Gasteiger partial charge on any atom is 0.259 e. The summed E-state index contributed by atoms with van der Waals surface area (Å²) in [5.41, 5.74) is 2.35. The maximum atomic E-state index is 13.6. The zero-order chi connectivity index (χ0) is 25.9. The van der Waals surface area contributed by atoms with E-state index in [0.29, 0.717) is 29.8 Å². The zero-order valence-electron chi connectivity index (χ0n) is 21.2. The molecule has 0 spiro atoms. The number of amides is 3. The largest absolute Gasteiger partial charge is 0.472 e. The van der Waals surface area contributed by atoms with Gasteiger partial charge in [0.1, 0.15) is 11.7 Å². The van der Waals surface area contributed by atoms with E-state index in [1.54, 1.807) is 62.3 Å². The Morgan fingerprint density at radius 2 is 1.86 bits per heavy atom. The number of ether oxygens (including phenoxy) is 1. The molecule has 0 bridgehead atoms. The lowest BCUT2D eigenvalue weighted by Crippen LogP contribution is -2.50. The Labute approximate surface area is 206 Å². The average molecular weight is 483 g/mol. The molecule has 2 aromatic rings. The molecule has 35 heavy (non-hydrogen) atoms. The van der Waals surface area contributed by atoms with Crippen molar-refractivity contribution in [1.29, 1.82) is 0 Å². The summed E-state index contributed by atoms with van der Waals surface area (Å²) in [7, 11) is 5.10. The van der Waals surface area contributed by atoms with Crippen LogP contribution in [0.2, 0.25) is 0 Å². The fourth-order valence-corrected chi connectivity index (χ4v) is 3.94. The fraction of sp³-hybridized carbons (Fsp3) is 0.462. The Hall–Kier alpha value is -3.46. The number of carbonyl (C=O) groups excluding carboxylic acids is 3. The lowest BCUT2D eigenvalue weighted by Gasteiger charge is -2.37. The summed E-state index contributed by atoms with van der Waals surface area (Å²) in [6, 6.07) is 8.43. The molecular formula is C26H34N4O5. The van der Waals surface area contributed by atoms with Gasteiger partial charge in [-0.15, -0.1) is 0 Å². The van der Waals surface area contributed by atoms with E-state index < -0.39 is 6.04 Å². The van der Waals surface area contributed by atoms with E-state index in [2.05, 4.69) is 4.98 Å². The monoisotopic (exact) mass is 482 g/mol. The van der Waals surface area contributed by atoms with Gasteiger partial charge in [0.05, 0.1) is 19.2 Å². The maximum absolute atomic E-state index is 13.6. The number of aliphatic hydroxyl groups excluding tert-OH is 1. The van der Waals surface area contributed by atoms with Crippen molar-refractivity contribution in [2.75, 3.05) is 40.8 Å². The summed E-state index contributed by atoms with van der Waals surface area (Å²) in [6.45, 7) is 5.77. The number of likely N-dealkylation sites (N-methyl/N-ethyl adjacent to an activating group) is 1. The van der Waals surface area contributed by atoms with Crippen molar-refractivity contribution in [3.05, 3.63) is 47.7 Å². The molecule has 0 saturated carbocycles. The first-order chi connectivity index (χ1) is 16.5. The highest BCUT2D eigenvalue weighted by atomic mass is 16.5. The molecule has 1 aliphatic rings. The minimum atomic E-state index is -0.401. The molecule has 9 heteroatoms. The molecule has 188 valence electrons. The van der Waals surface area contributed by atoms with Crippen LogP contribution in [-0.4, -0.2) is 95.5 Å². The topological polar surface area (TPSA) is 103 Å². The molecule has 3 amide bonds. The van der Waals surface area contributed by atoms with E-state index in [9.17, 15) is 19.5 Å². The standard InChI is InChI=1S/C26H34N4O5/c1-16-13-30(17(2)15-31)26(34)22-11-21(19-7-9-20(10-8-19)25(33)28(4)5)12-27-24(22)35-23(16)14-29(6)18(3)32/h7-12,16-17,23,31H,13-15H2,1-6H3/t16-,17+,23+/m0/s1. The van der Waals surface area contributed by atoms with Crippen LogP contribution >= 0.6 is 0 Å². The first-order valence-corrected chi connectivity index (χ1v) is 11.7. The molecule has 2 heterocycles. The van der Waals surface area contributed by atoms with Crippen molar-refractivity contribution in [1.82, 2.24) is 19.7 Å². The molecule has 3 rings (SSSR count). The van der Waals surface area contributed by atoms with E-state index in [4.69, 9.17) is 4.74 Å². The molecule has 0 radical (unpaired) electrons. The van der Waals surface area contributed by atoms with Crippen LogP contribution in [0.3, 0.4) is 0 Å². The Bertz CT molecular complexity index is 1090. The lowest BCUT2D eigenvalue weighted by atomic mass is 9.99. The predicted octanol–water partition coefficient (Wildman–Crippen LogP) is 2.15. The van der Waals surface area contributed by atoms with E-state index in [0.717, 1.165) is 5.56 Å². The third-order valence-electron chi connectivity index (χ3n) is 6.38. The molecule has 0 unspecified atom stereocenters. The van der Waals surface area contributed by atoms with Crippen molar-refractivity contribution in [2.45, 2.75) is 32.9 Å². The van der Waals surface area contributed by atoms with Crippen molar-refractivity contribution in [2.24, 2.45) is 5.92 Å². The Kier molecular flexibility index (Phi) is 8.11. The molecule has 0 fully saturated rings. The summed E-state index contributed by atoms with van der Waals surface area (Å²) < 4.78 is 6.20. The SMILES string of the molecule is CC(=O)N(C)C[C@H]1Oc2ncc(-c3ccc(C(=O)N(C)C)cc3)cc2C(=O)N([C@H](C)CO)C[C@@H]1C. The minimum Gasteiger partial charge on any atom is -0.472 e. The third-order valence-corrected chi connectivity index (χ3v) is 6.38. The fourth-order valence-electron chi connectivity index (χ4n) is 3.94. The molecule has 0 saturated heterocycles. The van der Waals surface area contributed by atoms with Gasteiger partial charge < -0.3 is 24.5 Å². The second-order valence-corrected chi connectivity index (χ2v) is 9.38. The van der Waals surface area contributed by atoms with Crippen LogP contribution in [-0.2, 0) is 4.79 Å². The van der Waals surface area contributed by atoms with Gasteiger partial charge in [-0.1, -0.05) is 19.1 Å². The van der Waals surface area contributed by atoms with Crippen molar-refractivity contribution in [3.8, 4) is 17.0 Å². The Morgan fingerprint density at radius 1 is 1.20 bits per heavy atom. The van der Waals surface area contributed by atoms with E-state index >= 15 is 0 Å². The number of rotatable bonds is 6. The number of fused-ring (bicyclic) bond motifs is 1. The van der Waals surface area contributed by atoms with Gasteiger partial charge in [-0.05, 0) is 30.7 Å². The summed E-state index contributed by atoms with van der Waals surface area (Å²) >= 11 is 0. The van der Waals surface area contributed by atoms with Crippen LogP contribution in [0.4, 0.5) is 0 Å². The van der Waals surface area contributed by atoms with Crippen molar-refractivity contribution >= 4 is 17.7 Å². The zero-order valence-corrected chi connectivity index (χ0v) is 21.2. The number of nitrogens with zero attached hydrogens (tertiary/aromatic N) is 4. The number of carbonyl (C=O) groups is 3. The normalized spacial score (nSPS) is 18.6. The van der Waals surface area contributed by atoms with Crippen LogP contribution in [0.5, 0.6) is 5.88 Å². The van der Waals surface area contributed by atoms with Crippen LogP contribution in [0, 0.1) is 5.92 Å². The smallest absolute Gasteiger partial charge is 0.259 e. The molecule has 9 nitrogen and oxygen atoms in total. The van der Waals surface area contributed by atoms with Gasteiger partial charge in [-0.2, -0.15) is 0 Å². The second-order valence-electron chi connectivity index (χ2n) is 9.38. The second kappa shape index (κ2) is 10.9. The van der Waals surface area contributed by atoms with E-state index in [-0.39, 0.29) is 42.2 Å². The summed E-state index contributed by atoms with van der Waals surface area (Å²) in [5.74, 6) is -0.367. The first-order valence-electron chi connectivity index (χ1n) is 11.7. The van der Waals surface area contributed by atoms with Gasteiger partial charge in [-0.3, -0.25) is 14.4 Å². The highest BCUT2D eigenvalue weighted by molar-refractivity contribution is 5.98. The van der Waals surface area contributed by atoms with Gasteiger partial charge in [0, 0.05) is 57.9 Å². The van der Waals surface area contributed by atoms with Crippen LogP contribution in [0.15, 0.2) is 36.5 Å². The molecule has 1 aromatic carbocycles. The number of pyridine rings is 1. The third kappa shape index (κ3) is 5.79. The van der Waals surface area contributed by atoms with Gasteiger partial charge in [0.15, 0.2) is 0 Å². The molecule has 1 aromatic heterocycles. The van der Waals surface area contributed by atoms with Crippen LogP contribution in [0.25, 0.3) is 11.1 Å².